The van der Waals surface area contributed by atoms with E-state index < -0.39 is 0 Å². The van der Waals surface area contributed by atoms with Crippen LogP contribution in [0.3, 0.4) is 0 Å². The maximum absolute atomic E-state index is 5.92. The van der Waals surface area contributed by atoms with Gasteiger partial charge in [-0.3, -0.25) is 4.90 Å². The van der Waals surface area contributed by atoms with Crippen molar-refractivity contribution >= 4 is 0 Å². The quantitative estimate of drug-likeness (QED) is 0.797. The molecule has 0 saturated carbocycles. The summed E-state index contributed by atoms with van der Waals surface area (Å²) in [5.74, 6) is 0.881. The summed E-state index contributed by atoms with van der Waals surface area (Å²) in [5, 5.41) is 4.02. The van der Waals surface area contributed by atoms with Crippen molar-refractivity contribution < 1.29 is 4.52 Å². The number of aromatic nitrogens is 1. The van der Waals surface area contributed by atoms with Crippen LogP contribution in [0.1, 0.15) is 31.2 Å². The van der Waals surface area contributed by atoms with Crippen LogP contribution in [-0.4, -0.2) is 28.7 Å². The third-order valence-electron chi connectivity index (χ3n) is 3.10. The number of aryl methyl sites for hydroxylation is 1. The van der Waals surface area contributed by atoms with Crippen LogP contribution >= 0.6 is 0 Å². The predicted molar refractivity (Wildman–Crippen MR) is 58.3 cm³/mol. The Kier molecular flexibility index (Phi) is 3.07. The Morgan fingerprint density at radius 2 is 2.47 bits per heavy atom. The molecule has 1 aromatic heterocycles. The molecule has 15 heavy (non-hydrogen) atoms. The van der Waals surface area contributed by atoms with Gasteiger partial charge in [0.1, 0.15) is 5.76 Å². The third kappa shape index (κ3) is 2.58. The second-order valence-electron chi connectivity index (χ2n) is 4.53. The van der Waals surface area contributed by atoms with Gasteiger partial charge in [0.15, 0.2) is 0 Å². The Morgan fingerprint density at radius 1 is 1.67 bits per heavy atom. The summed E-state index contributed by atoms with van der Waals surface area (Å²) < 4.78 is 5.06. The number of hydrogen-bond donors (Lipinski definition) is 1. The molecule has 4 heteroatoms. The Morgan fingerprint density at radius 3 is 3.07 bits per heavy atom. The minimum atomic E-state index is 0.371. The van der Waals surface area contributed by atoms with E-state index in [1.54, 1.807) is 0 Å². The van der Waals surface area contributed by atoms with Gasteiger partial charge < -0.3 is 10.3 Å². The SMILES string of the molecule is Cc1cc(CN2CCC(N)CC2C)no1. The van der Waals surface area contributed by atoms with Crippen LogP contribution in [0.25, 0.3) is 0 Å². The lowest BCUT2D eigenvalue weighted by Crippen LogP contribution is -2.45. The van der Waals surface area contributed by atoms with Crippen LogP contribution in [0, 0.1) is 6.92 Å². The van der Waals surface area contributed by atoms with Gasteiger partial charge in [0, 0.05) is 31.2 Å². The van der Waals surface area contributed by atoms with E-state index in [1.807, 2.05) is 13.0 Å². The Labute approximate surface area is 90.4 Å². The summed E-state index contributed by atoms with van der Waals surface area (Å²) in [6, 6.07) is 2.92. The van der Waals surface area contributed by atoms with Crippen molar-refractivity contribution in [2.75, 3.05) is 6.54 Å². The van der Waals surface area contributed by atoms with Crippen molar-refractivity contribution in [3.63, 3.8) is 0 Å². The van der Waals surface area contributed by atoms with E-state index in [1.165, 1.54) is 0 Å². The van der Waals surface area contributed by atoms with Crippen LogP contribution in [0.5, 0.6) is 0 Å². The topological polar surface area (TPSA) is 55.3 Å². The molecule has 2 atom stereocenters. The van der Waals surface area contributed by atoms with Gasteiger partial charge in [-0.2, -0.15) is 0 Å². The number of rotatable bonds is 2. The molecule has 0 aromatic carbocycles. The van der Waals surface area contributed by atoms with Gasteiger partial charge in [0.25, 0.3) is 0 Å². The fraction of sp³-hybridized carbons (Fsp3) is 0.727. The van der Waals surface area contributed by atoms with Crippen molar-refractivity contribution in [3.8, 4) is 0 Å². The summed E-state index contributed by atoms with van der Waals surface area (Å²) in [7, 11) is 0. The molecule has 0 spiro atoms. The number of piperidine rings is 1. The monoisotopic (exact) mass is 209 g/mol. The van der Waals surface area contributed by atoms with E-state index in [0.717, 1.165) is 37.4 Å². The first kappa shape index (κ1) is 10.6. The van der Waals surface area contributed by atoms with E-state index in [4.69, 9.17) is 10.3 Å². The van der Waals surface area contributed by atoms with Crippen molar-refractivity contribution in [2.24, 2.45) is 5.73 Å². The second-order valence-corrected chi connectivity index (χ2v) is 4.53. The fourth-order valence-electron chi connectivity index (χ4n) is 2.19. The summed E-state index contributed by atoms with van der Waals surface area (Å²) in [6.07, 6.45) is 2.16. The average molecular weight is 209 g/mol. The number of nitrogens with zero attached hydrogens (tertiary/aromatic N) is 2. The molecular formula is C11H19N3O. The Bertz CT molecular complexity index is 323. The largest absolute Gasteiger partial charge is 0.361 e. The highest BCUT2D eigenvalue weighted by molar-refractivity contribution is 5.03. The Hall–Kier alpha value is -0.870. The van der Waals surface area contributed by atoms with E-state index in [-0.39, 0.29) is 0 Å². The molecule has 84 valence electrons. The van der Waals surface area contributed by atoms with Crippen LogP contribution < -0.4 is 5.73 Å². The normalized spacial score (nSPS) is 28.2. The molecule has 1 aliphatic heterocycles. The second kappa shape index (κ2) is 4.33. The molecule has 0 radical (unpaired) electrons. The minimum absolute atomic E-state index is 0.371. The molecule has 0 aliphatic carbocycles. The smallest absolute Gasteiger partial charge is 0.133 e. The van der Waals surface area contributed by atoms with Gasteiger partial charge in [-0.1, -0.05) is 5.16 Å². The summed E-state index contributed by atoms with van der Waals surface area (Å²) in [4.78, 5) is 2.42. The summed E-state index contributed by atoms with van der Waals surface area (Å²) >= 11 is 0. The van der Waals surface area contributed by atoms with Gasteiger partial charge >= 0.3 is 0 Å². The molecule has 0 amide bonds. The van der Waals surface area contributed by atoms with Gasteiger partial charge in [-0.15, -0.1) is 0 Å². The summed E-state index contributed by atoms with van der Waals surface area (Å²) in [6.45, 7) is 6.09. The van der Waals surface area contributed by atoms with Crippen molar-refractivity contribution in [1.82, 2.24) is 10.1 Å². The van der Waals surface area contributed by atoms with Gasteiger partial charge in [0.05, 0.1) is 5.69 Å². The highest BCUT2D eigenvalue weighted by Crippen LogP contribution is 2.18. The number of hydrogen-bond acceptors (Lipinski definition) is 4. The first-order valence-electron chi connectivity index (χ1n) is 5.57. The molecule has 0 bridgehead atoms. The summed E-state index contributed by atoms with van der Waals surface area (Å²) in [5.41, 5.74) is 6.95. The molecule has 2 heterocycles. The lowest BCUT2D eigenvalue weighted by atomic mass is 9.99. The highest BCUT2D eigenvalue weighted by Gasteiger charge is 2.23. The maximum atomic E-state index is 5.92. The number of nitrogens with two attached hydrogens (primary N) is 1. The van der Waals surface area contributed by atoms with E-state index >= 15 is 0 Å². The predicted octanol–water partition coefficient (Wildman–Crippen LogP) is 1.29. The first-order valence-corrected chi connectivity index (χ1v) is 5.57. The molecule has 2 N–H and O–H groups in total. The maximum Gasteiger partial charge on any atom is 0.133 e. The van der Waals surface area contributed by atoms with Gasteiger partial charge in [0.2, 0.25) is 0 Å². The fourth-order valence-corrected chi connectivity index (χ4v) is 2.19. The molecule has 2 unspecified atom stereocenters. The third-order valence-corrected chi connectivity index (χ3v) is 3.10. The molecule has 1 aliphatic rings. The van der Waals surface area contributed by atoms with Crippen molar-refractivity contribution in [3.05, 3.63) is 17.5 Å². The molecule has 1 saturated heterocycles. The minimum Gasteiger partial charge on any atom is -0.361 e. The van der Waals surface area contributed by atoms with Gasteiger partial charge in [-0.05, 0) is 26.7 Å². The van der Waals surface area contributed by atoms with Crippen molar-refractivity contribution in [1.29, 1.82) is 0 Å². The van der Waals surface area contributed by atoms with Crippen LogP contribution in [0.4, 0.5) is 0 Å². The molecule has 1 aromatic rings. The highest BCUT2D eigenvalue weighted by atomic mass is 16.5. The first-order chi connectivity index (χ1) is 7.15. The average Bonchev–Trinajstić information content (AvgIpc) is 2.56. The van der Waals surface area contributed by atoms with E-state index in [2.05, 4.69) is 17.0 Å². The van der Waals surface area contributed by atoms with Gasteiger partial charge in [-0.25, -0.2) is 0 Å². The zero-order valence-electron chi connectivity index (χ0n) is 9.44. The zero-order chi connectivity index (χ0) is 10.8. The van der Waals surface area contributed by atoms with Crippen LogP contribution in [-0.2, 0) is 6.54 Å². The lowest BCUT2D eigenvalue weighted by molar-refractivity contribution is 0.136. The van der Waals surface area contributed by atoms with E-state index in [9.17, 15) is 0 Å². The Balaban J connectivity index is 1.94. The lowest BCUT2D eigenvalue weighted by Gasteiger charge is -2.35. The molecule has 2 rings (SSSR count). The molecule has 4 nitrogen and oxygen atoms in total. The van der Waals surface area contributed by atoms with Crippen molar-refractivity contribution in [2.45, 2.75) is 45.3 Å². The van der Waals surface area contributed by atoms with Crippen LogP contribution in [0.15, 0.2) is 10.6 Å². The van der Waals surface area contributed by atoms with Crippen LogP contribution in [0.2, 0.25) is 0 Å². The number of likely N-dealkylation sites (tertiary alicyclic amines) is 1. The zero-order valence-corrected chi connectivity index (χ0v) is 9.44. The molecule has 1 fully saturated rings. The standard InChI is InChI=1S/C11H19N3O/c1-8-5-10(12)3-4-14(8)7-11-6-9(2)15-13-11/h6,8,10H,3-5,7,12H2,1-2H3. The molecular weight excluding hydrogens is 190 g/mol. The van der Waals surface area contributed by atoms with E-state index in [0.29, 0.717) is 12.1 Å².